The van der Waals surface area contributed by atoms with E-state index in [-0.39, 0.29) is 18.5 Å². The van der Waals surface area contributed by atoms with Crippen LogP contribution in [0.5, 0.6) is 0 Å². The number of carbonyl (C=O) groups is 2. The van der Waals surface area contributed by atoms with Crippen LogP contribution in [0.15, 0.2) is 12.2 Å². The average Bonchev–Trinajstić information content (AvgIpc) is 3.48. The zero-order valence-corrected chi connectivity index (χ0v) is 56.0. The number of unbranched alkanes of at least 4 members (excludes halogenated alkanes) is 59. The molecule has 0 aliphatic rings. The van der Waals surface area contributed by atoms with E-state index < -0.39 is 12.1 Å². The molecule has 0 aliphatic heterocycles. The van der Waals surface area contributed by atoms with Crippen LogP contribution in [0.25, 0.3) is 0 Å². The number of allylic oxidation sites excluding steroid dienone is 2. The molecule has 488 valence electrons. The van der Waals surface area contributed by atoms with Crippen LogP contribution in [0.4, 0.5) is 0 Å². The van der Waals surface area contributed by atoms with Crippen molar-refractivity contribution in [2.45, 2.75) is 450 Å². The lowest BCUT2D eigenvalue weighted by Gasteiger charge is -2.22. The Hall–Kier alpha value is -1.40. The predicted molar refractivity (Wildman–Crippen MR) is 361 cm³/mol. The van der Waals surface area contributed by atoms with E-state index in [0.717, 1.165) is 38.5 Å². The lowest BCUT2D eigenvalue weighted by Crippen LogP contribution is -2.45. The smallest absolute Gasteiger partial charge is 0.305 e. The third kappa shape index (κ3) is 67.7. The molecule has 0 aromatic carbocycles. The standard InChI is InChI=1S/C76H149NO5/c1-3-5-7-9-11-13-15-16-17-18-19-20-33-36-39-42-45-49-52-56-60-64-68-74(79)73(72-78)77-75(80)69-65-61-57-53-50-46-43-40-37-34-31-29-27-25-23-21-22-24-26-28-30-32-35-38-41-44-47-51-55-59-63-67-71-82-76(81)70-66-62-58-54-48-14-12-10-8-6-4-2/h24,26,73-74,78-79H,3-23,25,27-72H2,1-2H3,(H,77,80)/b26-24-. The van der Waals surface area contributed by atoms with E-state index in [9.17, 15) is 19.8 Å². The summed E-state index contributed by atoms with van der Waals surface area (Å²) in [6.45, 7) is 5.00. The zero-order valence-electron chi connectivity index (χ0n) is 56.0. The molecule has 2 atom stereocenters. The summed E-state index contributed by atoms with van der Waals surface area (Å²) in [5.41, 5.74) is 0. The van der Waals surface area contributed by atoms with Gasteiger partial charge < -0.3 is 20.3 Å². The Bertz CT molecular complexity index is 1240. The highest BCUT2D eigenvalue weighted by Gasteiger charge is 2.20. The molecule has 0 aliphatic carbocycles. The third-order valence-corrected chi connectivity index (χ3v) is 18.1. The lowest BCUT2D eigenvalue weighted by molar-refractivity contribution is -0.143. The summed E-state index contributed by atoms with van der Waals surface area (Å²) >= 11 is 0. The monoisotopic (exact) mass is 1160 g/mol. The van der Waals surface area contributed by atoms with Crippen molar-refractivity contribution in [3.8, 4) is 0 Å². The summed E-state index contributed by atoms with van der Waals surface area (Å²) in [7, 11) is 0. The molecule has 2 unspecified atom stereocenters. The number of aliphatic hydroxyl groups is 2. The van der Waals surface area contributed by atoms with E-state index in [1.54, 1.807) is 0 Å². The molecule has 0 spiro atoms. The first kappa shape index (κ1) is 80.6. The quantitative estimate of drug-likeness (QED) is 0.0320. The van der Waals surface area contributed by atoms with Gasteiger partial charge in [-0.15, -0.1) is 0 Å². The van der Waals surface area contributed by atoms with Crippen LogP contribution in [-0.2, 0) is 14.3 Å². The van der Waals surface area contributed by atoms with Crippen molar-refractivity contribution < 1.29 is 24.5 Å². The maximum absolute atomic E-state index is 12.6. The summed E-state index contributed by atoms with van der Waals surface area (Å²) < 4.78 is 5.48. The van der Waals surface area contributed by atoms with Gasteiger partial charge in [0.1, 0.15) is 0 Å². The van der Waals surface area contributed by atoms with Crippen molar-refractivity contribution in [2.24, 2.45) is 0 Å². The minimum atomic E-state index is -0.663. The molecular formula is C76H149NO5. The zero-order chi connectivity index (χ0) is 59.2. The number of nitrogens with one attached hydrogen (secondary N) is 1. The van der Waals surface area contributed by atoms with Gasteiger partial charge >= 0.3 is 5.97 Å². The summed E-state index contributed by atoms with van der Waals surface area (Å²) in [6.07, 6.45) is 90.0. The van der Waals surface area contributed by atoms with E-state index >= 15 is 0 Å². The Morgan fingerprint density at radius 3 is 0.866 bits per heavy atom. The first-order valence-electron chi connectivity index (χ1n) is 37.9. The Labute approximate surface area is 514 Å². The SMILES string of the molecule is CCCCCCCCCCCCCCCCCCCCCCCCC(O)C(CO)NC(=O)CCCCCCCCCCCCCCCCCC/C=C\CCCCCCCCCCCCCCOC(=O)CCCCCCCCCCCCC. The van der Waals surface area contributed by atoms with Crippen LogP contribution in [0.2, 0.25) is 0 Å². The summed E-state index contributed by atoms with van der Waals surface area (Å²) in [6, 6.07) is -0.540. The number of amides is 1. The topological polar surface area (TPSA) is 95.9 Å². The molecule has 0 heterocycles. The minimum absolute atomic E-state index is 0.0189. The van der Waals surface area contributed by atoms with Crippen LogP contribution in [0, 0.1) is 0 Å². The summed E-state index contributed by atoms with van der Waals surface area (Å²) in [5.74, 6) is -0.00779. The van der Waals surface area contributed by atoms with E-state index in [1.807, 2.05) is 0 Å². The largest absolute Gasteiger partial charge is 0.466 e. The van der Waals surface area contributed by atoms with Crippen LogP contribution in [-0.4, -0.2) is 47.4 Å². The maximum atomic E-state index is 12.6. The number of ether oxygens (including phenoxy) is 1. The average molecular weight is 1160 g/mol. The molecule has 3 N–H and O–H groups in total. The second-order valence-electron chi connectivity index (χ2n) is 26.3. The van der Waals surface area contributed by atoms with Gasteiger partial charge in [-0.3, -0.25) is 9.59 Å². The van der Waals surface area contributed by atoms with Crippen molar-refractivity contribution in [3.63, 3.8) is 0 Å². The van der Waals surface area contributed by atoms with Gasteiger partial charge in [-0.25, -0.2) is 0 Å². The van der Waals surface area contributed by atoms with Gasteiger partial charge in [0.15, 0.2) is 0 Å². The van der Waals surface area contributed by atoms with Crippen molar-refractivity contribution >= 4 is 11.9 Å². The number of esters is 1. The fourth-order valence-corrected chi connectivity index (χ4v) is 12.3. The van der Waals surface area contributed by atoms with Gasteiger partial charge in [-0.1, -0.05) is 386 Å². The minimum Gasteiger partial charge on any atom is -0.466 e. The first-order chi connectivity index (χ1) is 40.5. The third-order valence-electron chi connectivity index (χ3n) is 18.1. The van der Waals surface area contributed by atoms with Crippen molar-refractivity contribution in [3.05, 3.63) is 12.2 Å². The van der Waals surface area contributed by atoms with Gasteiger partial charge in [0.25, 0.3) is 0 Å². The maximum Gasteiger partial charge on any atom is 0.305 e. The van der Waals surface area contributed by atoms with E-state index in [4.69, 9.17) is 4.74 Å². The summed E-state index contributed by atoms with van der Waals surface area (Å²) in [5, 5.41) is 23.5. The second-order valence-corrected chi connectivity index (χ2v) is 26.3. The molecule has 1 amide bonds. The van der Waals surface area contributed by atoms with E-state index in [2.05, 4.69) is 31.3 Å². The Morgan fingerprint density at radius 1 is 0.329 bits per heavy atom. The van der Waals surface area contributed by atoms with Gasteiger partial charge in [0.2, 0.25) is 5.91 Å². The molecule has 82 heavy (non-hydrogen) atoms. The molecule has 6 nitrogen and oxygen atoms in total. The lowest BCUT2D eigenvalue weighted by atomic mass is 10.0. The Morgan fingerprint density at radius 2 is 0.573 bits per heavy atom. The highest BCUT2D eigenvalue weighted by atomic mass is 16.5. The number of rotatable bonds is 72. The predicted octanol–water partition coefficient (Wildman–Crippen LogP) is 24.7. The molecule has 0 saturated carbocycles. The molecule has 0 aromatic rings. The van der Waals surface area contributed by atoms with Crippen molar-refractivity contribution in [2.75, 3.05) is 13.2 Å². The highest BCUT2D eigenvalue weighted by Crippen LogP contribution is 2.20. The molecule has 0 fully saturated rings. The highest BCUT2D eigenvalue weighted by molar-refractivity contribution is 5.76. The number of hydrogen-bond donors (Lipinski definition) is 3. The molecule has 6 heteroatoms. The first-order valence-corrected chi connectivity index (χ1v) is 37.9. The van der Waals surface area contributed by atoms with Crippen LogP contribution in [0.3, 0.4) is 0 Å². The van der Waals surface area contributed by atoms with Crippen LogP contribution in [0.1, 0.15) is 438 Å². The molecule has 0 radical (unpaired) electrons. The normalized spacial score (nSPS) is 12.5. The summed E-state index contributed by atoms with van der Waals surface area (Å²) in [4.78, 5) is 24.6. The molecule has 0 saturated heterocycles. The fourth-order valence-electron chi connectivity index (χ4n) is 12.3. The van der Waals surface area contributed by atoms with Gasteiger partial charge in [0, 0.05) is 12.8 Å². The number of carbonyl (C=O) groups excluding carboxylic acids is 2. The molecule has 0 rings (SSSR count). The second kappa shape index (κ2) is 72.1. The molecular weight excluding hydrogens is 1010 g/mol. The van der Waals surface area contributed by atoms with Gasteiger partial charge in [-0.2, -0.15) is 0 Å². The van der Waals surface area contributed by atoms with Crippen LogP contribution >= 0.6 is 0 Å². The van der Waals surface area contributed by atoms with Gasteiger partial charge in [0.05, 0.1) is 25.4 Å². The van der Waals surface area contributed by atoms with E-state index in [0.29, 0.717) is 25.9 Å². The molecule has 0 bridgehead atoms. The van der Waals surface area contributed by atoms with Crippen LogP contribution < -0.4 is 5.32 Å². The van der Waals surface area contributed by atoms with Crippen molar-refractivity contribution in [1.29, 1.82) is 0 Å². The van der Waals surface area contributed by atoms with Crippen molar-refractivity contribution in [1.82, 2.24) is 5.32 Å². The Balaban J connectivity index is 3.35. The fraction of sp³-hybridized carbons (Fsp3) is 0.947. The molecule has 0 aromatic heterocycles. The number of aliphatic hydroxyl groups excluding tert-OH is 2. The van der Waals surface area contributed by atoms with E-state index in [1.165, 1.54) is 366 Å². The Kier molecular flexibility index (Phi) is 70.8. The van der Waals surface area contributed by atoms with Gasteiger partial charge in [-0.05, 0) is 51.4 Å². The number of hydrogen-bond acceptors (Lipinski definition) is 5.